The number of carbonyl (C=O) groups excluding carboxylic acids is 1. The summed E-state index contributed by atoms with van der Waals surface area (Å²) < 4.78 is 5.62. The Kier molecular flexibility index (Phi) is 2.81. The number of aliphatic hydroxyl groups is 1. The van der Waals surface area contributed by atoms with Crippen LogP contribution in [0.1, 0.15) is 26.2 Å². The average molecular weight is 248 g/mol. The van der Waals surface area contributed by atoms with Crippen LogP contribution in [0.15, 0.2) is 23.8 Å². The molecule has 0 spiro atoms. The molecule has 18 heavy (non-hydrogen) atoms. The number of aliphatic hydroxyl groups excluding tert-OH is 1. The van der Waals surface area contributed by atoms with Crippen molar-refractivity contribution in [2.24, 2.45) is 23.7 Å². The third-order valence-corrected chi connectivity index (χ3v) is 5.04. The molecule has 0 amide bonds. The fourth-order valence-electron chi connectivity index (χ4n) is 3.93. The molecule has 3 heteroatoms. The van der Waals surface area contributed by atoms with Gasteiger partial charge in [-0.25, -0.2) is 0 Å². The standard InChI is InChI=1S/C15H20O3/c1-8-3-5-12-9(2)15(17)18-14(12)13-10(7-16)4-6-11(8)13/h4,9,11-14,16H,1,3,5-7H2,2H3. The van der Waals surface area contributed by atoms with Gasteiger partial charge >= 0.3 is 5.97 Å². The van der Waals surface area contributed by atoms with E-state index in [4.69, 9.17) is 4.74 Å². The molecule has 3 aliphatic rings. The lowest BCUT2D eigenvalue weighted by molar-refractivity contribution is -0.145. The van der Waals surface area contributed by atoms with Crippen molar-refractivity contribution in [1.29, 1.82) is 0 Å². The summed E-state index contributed by atoms with van der Waals surface area (Å²) in [5.41, 5.74) is 2.30. The van der Waals surface area contributed by atoms with Crippen LogP contribution in [0, 0.1) is 23.7 Å². The fraction of sp³-hybridized carbons (Fsp3) is 0.667. The molecule has 3 nitrogen and oxygen atoms in total. The van der Waals surface area contributed by atoms with Gasteiger partial charge in [-0.2, -0.15) is 0 Å². The number of carbonyl (C=O) groups is 1. The van der Waals surface area contributed by atoms with Crippen molar-refractivity contribution in [2.75, 3.05) is 6.61 Å². The number of hydrogen-bond acceptors (Lipinski definition) is 3. The Morgan fingerprint density at radius 3 is 3.06 bits per heavy atom. The SMILES string of the molecule is C=C1CCC2C(C)C(=O)OC2C2C(CO)=CCC12. The molecular formula is C15H20O3. The van der Waals surface area contributed by atoms with Crippen molar-refractivity contribution in [3.63, 3.8) is 0 Å². The first-order valence-electron chi connectivity index (χ1n) is 6.81. The Morgan fingerprint density at radius 1 is 1.56 bits per heavy atom. The Morgan fingerprint density at radius 2 is 2.33 bits per heavy atom. The van der Waals surface area contributed by atoms with Gasteiger partial charge in [-0.15, -0.1) is 0 Å². The largest absolute Gasteiger partial charge is 0.461 e. The van der Waals surface area contributed by atoms with E-state index in [0.29, 0.717) is 5.92 Å². The van der Waals surface area contributed by atoms with E-state index in [1.54, 1.807) is 0 Å². The molecular weight excluding hydrogens is 228 g/mol. The maximum atomic E-state index is 11.8. The zero-order valence-electron chi connectivity index (χ0n) is 10.8. The molecule has 1 saturated carbocycles. The second-order valence-electron chi connectivity index (χ2n) is 5.86. The average Bonchev–Trinajstić information content (AvgIpc) is 2.86. The summed E-state index contributed by atoms with van der Waals surface area (Å²) in [6.07, 6.45) is 4.98. The molecule has 0 radical (unpaired) electrons. The number of allylic oxidation sites excluding steroid dienone is 2. The van der Waals surface area contributed by atoms with E-state index in [-0.39, 0.29) is 36.4 Å². The predicted molar refractivity (Wildman–Crippen MR) is 67.7 cm³/mol. The molecule has 0 aromatic carbocycles. The lowest BCUT2D eigenvalue weighted by Crippen LogP contribution is -2.31. The lowest BCUT2D eigenvalue weighted by atomic mass is 9.79. The van der Waals surface area contributed by atoms with Crippen molar-refractivity contribution in [1.82, 2.24) is 0 Å². The van der Waals surface area contributed by atoms with E-state index in [2.05, 4.69) is 12.7 Å². The molecule has 5 unspecified atom stereocenters. The fourth-order valence-corrected chi connectivity index (χ4v) is 3.93. The van der Waals surface area contributed by atoms with Crippen LogP contribution in [0.25, 0.3) is 0 Å². The van der Waals surface area contributed by atoms with Crippen molar-refractivity contribution >= 4 is 5.97 Å². The molecule has 1 aliphatic heterocycles. The summed E-state index contributed by atoms with van der Waals surface area (Å²) in [5, 5.41) is 9.50. The summed E-state index contributed by atoms with van der Waals surface area (Å²) in [4.78, 5) is 11.8. The highest BCUT2D eigenvalue weighted by Crippen LogP contribution is 2.50. The van der Waals surface area contributed by atoms with Crippen molar-refractivity contribution in [3.05, 3.63) is 23.8 Å². The summed E-state index contributed by atoms with van der Waals surface area (Å²) >= 11 is 0. The molecule has 1 N–H and O–H groups in total. The van der Waals surface area contributed by atoms with Crippen LogP contribution in [0.4, 0.5) is 0 Å². The quantitative estimate of drug-likeness (QED) is 0.571. The van der Waals surface area contributed by atoms with Crippen molar-refractivity contribution < 1.29 is 14.6 Å². The van der Waals surface area contributed by atoms with Crippen LogP contribution in [-0.2, 0) is 9.53 Å². The van der Waals surface area contributed by atoms with Crippen LogP contribution < -0.4 is 0 Å². The van der Waals surface area contributed by atoms with E-state index < -0.39 is 0 Å². The van der Waals surface area contributed by atoms with Gasteiger partial charge in [0, 0.05) is 11.8 Å². The van der Waals surface area contributed by atoms with Crippen LogP contribution in [-0.4, -0.2) is 23.8 Å². The summed E-state index contributed by atoms with van der Waals surface area (Å²) in [7, 11) is 0. The Bertz CT molecular complexity index is 423. The van der Waals surface area contributed by atoms with E-state index in [0.717, 1.165) is 24.8 Å². The zero-order valence-corrected chi connectivity index (χ0v) is 10.8. The Labute approximate surface area is 108 Å². The van der Waals surface area contributed by atoms with E-state index in [9.17, 15) is 9.90 Å². The van der Waals surface area contributed by atoms with Gasteiger partial charge in [-0.3, -0.25) is 4.79 Å². The number of ether oxygens (including phenoxy) is 1. The van der Waals surface area contributed by atoms with Gasteiger partial charge in [0.1, 0.15) is 6.10 Å². The van der Waals surface area contributed by atoms with Gasteiger partial charge in [0.15, 0.2) is 0 Å². The summed E-state index contributed by atoms with van der Waals surface area (Å²) in [6, 6.07) is 0. The van der Waals surface area contributed by atoms with Crippen LogP contribution in [0.5, 0.6) is 0 Å². The Balaban J connectivity index is 1.97. The Hall–Kier alpha value is -1.09. The maximum Gasteiger partial charge on any atom is 0.309 e. The van der Waals surface area contributed by atoms with Gasteiger partial charge in [0.05, 0.1) is 12.5 Å². The molecule has 1 heterocycles. The molecule has 3 rings (SSSR count). The molecule has 0 bridgehead atoms. The second kappa shape index (κ2) is 4.23. The first kappa shape index (κ1) is 12.0. The van der Waals surface area contributed by atoms with Gasteiger partial charge in [-0.05, 0) is 30.8 Å². The van der Waals surface area contributed by atoms with Gasteiger partial charge in [-0.1, -0.05) is 25.2 Å². The summed E-state index contributed by atoms with van der Waals surface area (Å²) in [5.74, 6) is 0.740. The smallest absolute Gasteiger partial charge is 0.309 e. The van der Waals surface area contributed by atoms with E-state index in [1.165, 1.54) is 5.57 Å². The zero-order chi connectivity index (χ0) is 12.9. The molecule has 0 aromatic heterocycles. The number of esters is 1. The van der Waals surface area contributed by atoms with Crippen molar-refractivity contribution in [2.45, 2.75) is 32.3 Å². The molecule has 2 fully saturated rings. The first-order chi connectivity index (χ1) is 8.63. The van der Waals surface area contributed by atoms with Gasteiger partial charge < -0.3 is 9.84 Å². The lowest BCUT2D eigenvalue weighted by Gasteiger charge is -2.28. The first-order valence-corrected chi connectivity index (χ1v) is 6.81. The van der Waals surface area contributed by atoms with Crippen LogP contribution in [0.3, 0.4) is 0 Å². The molecule has 1 saturated heterocycles. The molecule has 0 aromatic rings. The van der Waals surface area contributed by atoms with Gasteiger partial charge in [0.25, 0.3) is 0 Å². The predicted octanol–water partition coefficient (Wildman–Crippen LogP) is 2.07. The third kappa shape index (κ3) is 1.57. The second-order valence-corrected chi connectivity index (χ2v) is 5.86. The summed E-state index contributed by atoms with van der Waals surface area (Å²) in [6.45, 7) is 6.24. The van der Waals surface area contributed by atoms with Crippen molar-refractivity contribution in [3.8, 4) is 0 Å². The monoisotopic (exact) mass is 248 g/mol. The third-order valence-electron chi connectivity index (χ3n) is 5.04. The van der Waals surface area contributed by atoms with E-state index >= 15 is 0 Å². The highest BCUT2D eigenvalue weighted by atomic mass is 16.6. The molecule has 98 valence electrons. The topological polar surface area (TPSA) is 46.5 Å². The highest BCUT2D eigenvalue weighted by Gasteiger charge is 2.51. The number of rotatable bonds is 1. The minimum absolute atomic E-state index is 0.0120. The van der Waals surface area contributed by atoms with Crippen LogP contribution >= 0.6 is 0 Å². The van der Waals surface area contributed by atoms with E-state index in [1.807, 2.05) is 6.92 Å². The number of fused-ring (bicyclic) bond motifs is 3. The van der Waals surface area contributed by atoms with Gasteiger partial charge in [0.2, 0.25) is 0 Å². The molecule has 2 aliphatic carbocycles. The number of hydrogen-bond donors (Lipinski definition) is 1. The highest BCUT2D eigenvalue weighted by molar-refractivity contribution is 5.75. The maximum absolute atomic E-state index is 11.8. The normalized spacial score (nSPS) is 43.0. The minimum atomic E-state index is -0.0690. The van der Waals surface area contributed by atoms with Crippen LogP contribution in [0.2, 0.25) is 0 Å². The molecule has 5 atom stereocenters. The minimum Gasteiger partial charge on any atom is -0.461 e.